The number of morpholine rings is 1. The van der Waals surface area contributed by atoms with E-state index in [1.54, 1.807) is 11.3 Å². The zero-order valence-electron chi connectivity index (χ0n) is 15.6. The first kappa shape index (κ1) is 18.4. The lowest BCUT2D eigenvalue weighted by Gasteiger charge is -2.44. The second-order valence-electron chi connectivity index (χ2n) is 7.90. The lowest BCUT2D eigenvalue weighted by Crippen LogP contribution is -2.60. The van der Waals surface area contributed by atoms with Crippen molar-refractivity contribution in [3.05, 3.63) is 22.4 Å². The van der Waals surface area contributed by atoms with Crippen molar-refractivity contribution < 1.29 is 9.53 Å². The molecule has 5 nitrogen and oxygen atoms in total. The van der Waals surface area contributed by atoms with E-state index >= 15 is 0 Å². The van der Waals surface area contributed by atoms with Gasteiger partial charge in [-0.2, -0.15) is 11.3 Å². The van der Waals surface area contributed by atoms with Gasteiger partial charge in [0, 0.05) is 38.1 Å². The third-order valence-corrected chi connectivity index (χ3v) is 6.91. The van der Waals surface area contributed by atoms with E-state index in [0.717, 1.165) is 45.7 Å². The van der Waals surface area contributed by atoms with E-state index in [1.807, 2.05) is 0 Å². The first-order valence-electron chi connectivity index (χ1n) is 10.2. The highest BCUT2D eigenvalue weighted by Gasteiger charge is 2.36. The zero-order valence-corrected chi connectivity index (χ0v) is 16.4. The van der Waals surface area contributed by atoms with Crippen LogP contribution in [0.5, 0.6) is 0 Å². The molecule has 3 saturated heterocycles. The van der Waals surface area contributed by atoms with Crippen molar-refractivity contribution in [2.75, 3.05) is 32.8 Å². The Hall–Kier alpha value is -0.950. The summed E-state index contributed by atoms with van der Waals surface area (Å²) < 4.78 is 5.50. The number of likely N-dealkylation sites (tertiary alicyclic amines) is 1. The van der Waals surface area contributed by atoms with Gasteiger partial charge >= 0.3 is 0 Å². The van der Waals surface area contributed by atoms with Gasteiger partial charge in [0.05, 0.1) is 19.4 Å². The third kappa shape index (κ3) is 4.47. The number of nitrogens with zero attached hydrogens (tertiary/aromatic N) is 2. The number of rotatable bonds is 4. The average Bonchev–Trinajstić information content (AvgIpc) is 3.06. The van der Waals surface area contributed by atoms with Gasteiger partial charge in [0.15, 0.2) is 0 Å². The van der Waals surface area contributed by atoms with Crippen molar-refractivity contribution in [1.29, 1.82) is 0 Å². The van der Waals surface area contributed by atoms with E-state index in [4.69, 9.17) is 4.74 Å². The quantitative estimate of drug-likeness (QED) is 0.876. The number of hydrogen-bond acceptors (Lipinski definition) is 5. The largest absolute Gasteiger partial charge is 0.379 e. The Morgan fingerprint density at radius 1 is 1.19 bits per heavy atom. The van der Waals surface area contributed by atoms with E-state index in [9.17, 15) is 4.79 Å². The molecule has 2 unspecified atom stereocenters. The van der Waals surface area contributed by atoms with E-state index in [2.05, 4.69) is 31.9 Å². The minimum absolute atomic E-state index is 0.186. The molecule has 1 aromatic rings. The minimum Gasteiger partial charge on any atom is -0.379 e. The molecule has 3 aliphatic rings. The van der Waals surface area contributed by atoms with E-state index < -0.39 is 0 Å². The smallest absolute Gasteiger partial charge is 0.222 e. The number of carbonyl (C=O) groups is 1. The van der Waals surface area contributed by atoms with Gasteiger partial charge in [0.2, 0.25) is 5.91 Å². The Kier molecular flexibility index (Phi) is 6.25. The minimum atomic E-state index is 0.186. The van der Waals surface area contributed by atoms with Crippen LogP contribution in [0.3, 0.4) is 0 Å². The standard InChI is InChI=1S/C20H31N3O2S/c24-20-14-18(22-7-9-25-10-8-22)13-19(21-20)23-6-3-1-2-4-17(23)12-16-5-11-26-15-16/h5,11,15,17-19H,1-4,6-10,12-14H2,(H,21,24)/t17-,18?,19?/m1/s1. The van der Waals surface area contributed by atoms with Gasteiger partial charge in [0.25, 0.3) is 0 Å². The topological polar surface area (TPSA) is 44.8 Å². The number of carbonyl (C=O) groups excluding carboxylic acids is 1. The number of amides is 1. The summed E-state index contributed by atoms with van der Waals surface area (Å²) in [5.74, 6) is 0.219. The van der Waals surface area contributed by atoms with Crippen LogP contribution in [-0.4, -0.2) is 66.8 Å². The van der Waals surface area contributed by atoms with E-state index in [0.29, 0.717) is 18.5 Å². The second kappa shape index (κ2) is 8.83. The molecule has 1 amide bonds. The fraction of sp³-hybridized carbons (Fsp3) is 0.750. The number of piperidine rings is 1. The van der Waals surface area contributed by atoms with Gasteiger partial charge in [0.1, 0.15) is 0 Å². The van der Waals surface area contributed by atoms with Crippen LogP contribution in [0.4, 0.5) is 0 Å². The first-order chi connectivity index (χ1) is 12.8. The molecule has 3 aliphatic heterocycles. The number of thiophene rings is 1. The lowest BCUT2D eigenvalue weighted by atomic mass is 9.97. The molecule has 0 aromatic carbocycles. The van der Waals surface area contributed by atoms with Gasteiger partial charge in [-0.25, -0.2) is 0 Å². The zero-order chi connectivity index (χ0) is 17.8. The Labute approximate surface area is 160 Å². The monoisotopic (exact) mass is 377 g/mol. The summed E-state index contributed by atoms with van der Waals surface area (Å²) >= 11 is 1.78. The maximum absolute atomic E-state index is 12.5. The molecule has 6 heteroatoms. The maximum Gasteiger partial charge on any atom is 0.222 e. The molecule has 1 N–H and O–H groups in total. The molecule has 26 heavy (non-hydrogen) atoms. The van der Waals surface area contributed by atoms with E-state index in [-0.39, 0.29) is 12.1 Å². The highest BCUT2D eigenvalue weighted by Crippen LogP contribution is 2.27. The number of hydrogen-bond donors (Lipinski definition) is 1. The highest BCUT2D eigenvalue weighted by molar-refractivity contribution is 7.07. The molecule has 0 saturated carbocycles. The van der Waals surface area contributed by atoms with Crippen LogP contribution >= 0.6 is 11.3 Å². The van der Waals surface area contributed by atoms with Crippen LogP contribution in [-0.2, 0) is 16.0 Å². The average molecular weight is 378 g/mol. The van der Waals surface area contributed by atoms with Crippen LogP contribution in [0.1, 0.15) is 44.1 Å². The summed E-state index contributed by atoms with van der Waals surface area (Å²) in [4.78, 5) is 17.6. The molecule has 0 bridgehead atoms. The summed E-state index contributed by atoms with van der Waals surface area (Å²) in [7, 11) is 0. The van der Waals surface area contributed by atoms with Gasteiger partial charge in [-0.1, -0.05) is 12.8 Å². The fourth-order valence-corrected chi connectivity index (χ4v) is 5.49. The maximum atomic E-state index is 12.5. The summed E-state index contributed by atoms with van der Waals surface area (Å²) in [6.45, 7) is 4.63. The molecule has 144 valence electrons. The molecule has 4 rings (SSSR count). The number of ether oxygens (including phenoxy) is 1. The van der Waals surface area contributed by atoms with Crippen LogP contribution in [0.2, 0.25) is 0 Å². The van der Waals surface area contributed by atoms with Crippen LogP contribution < -0.4 is 5.32 Å². The molecule has 0 aliphatic carbocycles. The lowest BCUT2D eigenvalue weighted by molar-refractivity contribution is -0.129. The third-order valence-electron chi connectivity index (χ3n) is 6.18. The van der Waals surface area contributed by atoms with Crippen molar-refractivity contribution in [2.45, 2.75) is 63.2 Å². The van der Waals surface area contributed by atoms with Crippen molar-refractivity contribution in [2.24, 2.45) is 0 Å². The summed E-state index contributed by atoms with van der Waals surface area (Å²) in [5, 5.41) is 7.77. The molecular weight excluding hydrogens is 346 g/mol. The van der Waals surface area contributed by atoms with Crippen molar-refractivity contribution >= 4 is 17.2 Å². The van der Waals surface area contributed by atoms with Crippen molar-refractivity contribution in [3.63, 3.8) is 0 Å². The van der Waals surface area contributed by atoms with Gasteiger partial charge in [-0.15, -0.1) is 0 Å². The Balaban J connectivity index is 1.47. The SMILES string of the molecule is O=C1CC(N2CCOCC2)CC(N2CCCCC[C@@H]2Cc2ccsc2)N1. The fourth-order valence-electron chi connectivity index (χ4n) is 4.81. The molecular formula is C20H31N3O2S. The van der Waals surface area contributed by atoms with Crippen molar-refractivity contribution in [3.8, 4) is 0 Å². The van der Waals surface area contributed by atoms with Crippen LogP contribution in [0.15, 0.2) is 16.8 Å². The first-order valence-corrected chi connectivity index (χ1v) is 11.1. The Morgan fingerprint density at radius 3 is 2.88 bits per heavy atom. The van der Waals surface area contributed by atoms with Crippen LogP contribution in [0, 0.1) is 0 Å². The Morgan fingerprint density at radius 2 is 2.08 bits per heavy atom. The summed E-state index contributed by atoms with van der Waals surface area (Å²) in [6, 6.07) is 3.16. The molecule has 3 fully saturated rings. The van der Waals surface area contributed by atoms with Gasteiger partial charge < -0.3 is 10.1 Å². The molecule has 4 heterocycles. The van der Waals surface area contributed by atoms with Gasteiger partial charge in [-0.05, 0) is 48.1 Å². The molecule has 3 atom stereocenters. The van der Waals surface area contributed by atoms with E-state index in [1.165, 1.54) is 31.2 Å². The molecule has 1 aromatic heterocycles. The Bertz CT molecular complexity index is 574. The second-order valence-corrected chi connectivity index (χ2v) is 8.68. The van der Waals surface area contributed by atoms with Gasteiger partial charge in [-0.3, -0.25) is 14.6 Å². The number of nitrogens with one attached hydrogen (secondary N) is 1. The predicted molar refractivity (Wildman–Crippen MR) is 104 cm³/mol. The summed E-state index contributed by atoms with van der Waals surface area (Å²) in [5.41, 5.74) is 1.44. The summed E-state index contributed by atoms with van der Waals surface area (Å²) in [6.07, 6.45) is 8.08. The predicted octanol–water partition coefficient (Wildman–Crippen LogP) is 2.47. The normalized spacial score (nSPS) is 32.2. The van der Waals surface area contributed by atoms with Crippen molar-refractivity contribution in [1.82, 2.24) is 15.1 Å². The highest BCUT2D eigenvalue weighted by atomic mass is 32.1. The molecule has 0 spiro atoms. The van der Waals surface area contributed by atoms with Crippen LogP contribution in [0.25, 0.3) is 0 Å². The molecule has 0 radical (unpaired) electrons.